The number of nitrogens with one attached hydrogen (secondary N) is 1. The maximum atomic E-state index is 3.91. The van der Waals surface area contributed by atoms with Crippen LogP contribution in [0.2, 0.25) is 0 Å². The van der Waals surface area contributed by atoms with E-state index in [0.29, 0.717) is 5.54 Å². The molecule has 1 nitrogen and oxygen atoms in total. The number of unbranched alkanes of at least 4 members (excludes halogenated alkanes) is 1. The van der Waals surface area contributed by atoms with Crippen molar-refractivity contribution in [3.8, 4) is 0 Å². The summed E-state index contributed by atoms with van der Waals surface area (Å²) in [7, 11) is 0. The van der Waals surface area contributed by atoms with Crippen LogP contribution in [0.5, 0.6) is 0 Å². The van der Waals surface area contributed by atoms with Gasteiger partial charge in [-0.2, -0.15) is 0 Å². The van der Waals surface area contributed by atoms with Crippen molar-refractivity contribution in [1.29, 1.82) is 0 Å². The van der Waals surface area contributed by atoms with E-state index in [1.807, 2.05) is 6.08 Å². The smallest absolute Gasteiger partial charge is 0.0189 e. The molecular weight excluding hydrogens is 194 g/mol. The predicted octanol–water partition coefficient (Wildman–Crippen LogP) is 3.51. The summed E-state index contributed by atoms with van der Waals surface area (Å²) in [6, 6.07) is 0. The van der Waals surface area contributed by atoms with Crippen LogP contribution in [-0.4, -0.2) is 12.1 Å². The van der Waals surface area contributed by atoms with Gasteiger partial charge in [0.1, 0.15) is 0 Å². The first-order valence-electron chi connectivity index (χ1n) is 7.15. The first-order valence-corrected chi connectivity index (χ1v) is 7.15. The summed E-state index contributed by atoms with van der Waals surface area (Å²) in [5.74, 6) is 3.20. The molecule has 4 rings (SSSR count). The van der Waals surface area contributed by atoms with Crippen LogP contribution in [0.15, 0.2) is 12.7 Å². The standard InChI is InChI=1S/C15H25N/c1-2-3-4-5-16-15-9-12-6-13(10-15)8-14(7-12)11-15/h2,12-14,16H,1,3-11H2. The van der Waals surface area contributed by atoms with Gasteiger partial charge in [-0.05, 0) is 75.7 Å². The molecule has 0 unspecified atom stereocenters. The van der Waals surface area contributed by atoms with Gasteiger partial charge in [0.15, 0.2) is 0 Å². The van der Waals surface area contributed by atoms with Crippen LogP contribution in [0.4, 0.5) is 0 Å². The molecule has 4 aliphatic rings. The lowest BCUT2D eigenvalue weighted by Gasteiger charge is -2.57. The zero-order valence-corrected chi connectivity index (χ0v) is 10.4. The lowest BCUT2D eigenvalue weighted by molar-refractivity contribution is -0.0195. The van der Waals surface area contributed by atoms with Crippen LogP contribution in [0, 0.1) is 17.8 Å². The molecule has 0 spiro atoms. The van der Waals surface area contributed by atoms with Gasteiger partial charge >= 0.3 is 0 Å². The zero-order valence-electron chi connectivity index (χ0n) is 10.4. The molecule has 4 fully saturated rings. The van der Waals surface area contributed by atoms with Gasteiger partial charge in [-0.15, -0.1) is 6.58 Å². The predicted molar refractivity (Wildman–Crippen MR) is 68.3 cm³/mol. The molecule has 16 heavy (non-hydrogen) atoms. The minimum Gasteiger partial charge on any atom is -0.311 e. The van der Waals surface area contributed by atoms with Gasteiger partial charge in [-0.25, -0.2) is 0 Å². The van der Waals surface area contributed by atoms with E-state index in [0.717, 1.165) is 17.8 Å². The molecule has 0 aromatic heterocycles. The number of allylic oxidation sites excluding steroid dienone is 1. The van der Waals surface area contributed by atoms with Crippen molar-refractivity contribution in [2.75, 3.05) is 6.54 Å². The quantitative estimate of drug-likeness (QED) is 0.551. The van der Waals surface area contributed by atoms with Crippen LogP contribution >= 0.6 is 0 Å². The highest BCUT2D eigenvalue weighted by atomic mass is 15.0. The zero-order chi connectivity index (χ0) is 11.0. The Balaban J connectivity index is 1.58. The Morgan fingerprint density at radius 2 is 1.62 bits per heavy atom. The van der Waals surface area contributed by atoms with E-state index < -0.39 is 0 Å². The van der Waals surface area contributed by atoms with E-state index in [2.05, 4.69) is 11.9 Å². The molecule has 0 aromatic carbocycles. The van der Waals surface area contributed by atoms with Gasteiger partial charge in [0.25, 0.3) is 0 Å². The molecule has 0 aliphatic heterocycles. The number of hydrogen-bond donors (Lipinski definition) is 1. The van der Waals surface area contributed by atoms with Gasteiger partial charge in [-0.3, -0.25) is 0 Å². The molecule has 90 valence electrons. The van der Waals surface area contributed by atoms with Gasteiger partial charge < -0.3 is 5.32 Å². The van der Waals surface area contributed by atoms with Gasteiger partial charge in [0, 0.05) is 5.54 Å². The summed E-state index contributed by atoms with van der Waals surface area (Å²) in [4.78, 5) is 0. The molecule has 4 bridgehead atoms. The topological polar surface area (TPSA) is 12.0 Å². The molecule has 4 saturated carbocycles. The average molecular weight is 219 g/mol. The Bertz CT molecular complexity index is 233. The molecule has 1 N–H and O–H groups in total. The molecule has 0 aromatic rings. The summed E-state index contributed by atoms with van der Waals surface area (Å²) in [5, 5.41) is 3.91. The molecule has 0 saturated heterocycles. The van der Waals surface area contributed by atoms with Crippen molar-refractivity contribution >= 4 is 0 Å². The van der Waals surface area contributed by atoms with Gasteiger partial charge in [0.05, 0.1) is 0 Å². The fraction of sp³-hybridized carbons (Fsp3) is 0.867. The third-order valence-electron chi connectivity index (χ3n) is 5.12. The van der Waals surface area contributed by atoms with Crippen molar-refractivity contribution in [3.63, 3.8) is 0 Å². The van der Waals surface area contributed by atoms with Gasteiger partial charge in [-0.1, -0.05) is 6.08 Å². The molecule has 0 radical (unpaired) electrons. The van der Waals surface area contributed by atoms with Crippen LogP contribution in [-0.2, 0) is 0 Å². The highest BCUT2D eigenvalue weighted by Crippen LogP contribution is 2.55. The van der Waals surface area contributed by atoms with Crippen LogP contribution in [0.3, 0.4) is 0 Å². The Hall–Kier alpha value is -0.300. The second-order valence-electron chi connectivity index (χ2n) is 6.56. The first kappa shape index (κ1) is 10.8. The number of rotatable bonds is 5. The number of hydrogen-bond acceptors (Lipinski definition) is 1. The minimum absolute atomic E-state index is 0.565. The summed E-state index contributed by atoms with van der Waals surface area (Å²) < 4.78 is 0. The molecule has 0 amide bonds. The SMILES string of the molecule is C=CCCCNC12CC3CC(CC(C3)C1)C2. The Morgan fingerprint density at radius 3 is 2.12 bits per heavy atom. The van der Waals surface area contributed by atoms with Gasteiger partial charge in [0.2, 0.25) is 0 Å². The summed E-state index contributed by atoms with van der Waals surface area (Å²) in [6.07, 6.45) is 13.6. The van der Waals surface area contributed by atoms with E-state index in [4.69, 9.17) is 0 Å². The fourth-order valence-corrected chi connectivity index (χ4v) is 4.93. The molecule has 0 atom stereocenters. The highest BCUT2D eigenvalue weighted by molar-refractivity contribution is 5.06. The maximum Gasteiger partial charge on any atom is 0.0189 e. The Kier molecular flexibility index (Phi) is 2.83. The Morgan fingerprint density at radius 1 is 1.06 bits per heavy atom. The second kappa shape index (κ2) is 4.18. The summed E-state index contributed by atoms with van der Waals surface area (Å²) in [6.45, 7) is 5.00. The summed E-state index contributed by atoms with van der Waals surface area (Å²) >= 11 is 0. The lowest BCUT2D eigenvalue weighted by atomic mass is 9.53. The second-order valence-corrected chi connectivity index (χ2v) is 6.56. The molecule has 0 heterocycles. The van der Waals surface area contributed by atoms with Crippen LogP contribution in [0.25, 0.3) is 0 Å². The normalized spacial score (nSPS) is 44.9. The third-order valence-corrected chi connectivity index (χ3v) is 5.12. The summed E-state index contributed by atoms with van der Waals surface area (Å²) in [5.41, 5.74) is 0.565. The van der Waals surface area contributed by atoms with Crippen molar-refractivity contribution in [3.05, 3.63) is 12.7 Å². The minimum atomic E-state index is 0.565. The van der Waals surface area contributed by atoms with Crippen molar-refractivity contribution in [1.82, 2.24) is 5.32 Å². The maximum absolute atomic E-state index is 3.91. The fourth-order valence-electron chi connectivity index (χ4n) is 4.93. The van der Waals surface area contributed by atoms with Crippen LogP contribution < -0.4 is 5.32 Å². The van der Waals surface area contributed by atoms with E-state index in [1.54, 1.807) is 19.3 Å². The highest BCUT2D eigenvalue weighted by Gasteiger charge is 2.50. The van der Waals surface area contributed by atoms with Crippen molar-refractivity contribution in [2.45, 2.75) is 56.9 Å². The van der Waals surface area contributed by atoms with E-state index in [9.17, 15) is 0 Å². The van der Waals surface area contributed by atoms with E-state index >= 15 is 0 Å². The van der Waals surface area contributed by atoms with Crippen LogP contribution in [0.1, 0.15) is 51.4 Å². The third kappa shape index (κ3) is 1.95. The van der Waals surface area contributed by atoms with E-state index in [-0.39, 0.29) is 0 Å². The molecule has 4 aliphatic carbocycles. The molecule has 1 heteroatoms. The van der Waals surface area contributed by atoms with Crippen molar-refractivity contribution < 1.29 is 0 Å². The molecular formula is C15H25N. The first-order chi connectivity index (χ1) is 7.80. The van der Waals surface area contributed by atoms with Crippen molar-refractivity contribution in [2.24, 2.45) is 17.8 Å². The van der Waals surface area contributed by atoms with E-state index in [1.165, 1.54) is 38.6 Å². The largest absolute Gasteiger partial charge is 0.311 e. The lowest BCUT2D eigenvalue weighted by Crippen LogP contribution is -2.58. The Labute approximate surface area is 99.7 Å². The average Bonchev–Trinajstić information content (AvgIpc) is 2.22. The monoisotopic (exact) mass is 219 g/mol.